The van der Waals surface area contributed by atoms with Crippen molar-refractivity contribution in [3.8, 4) is 0 Å². The molecule has 23 heavy (non-hydrogen) atoms. The average molecular weight is 319 g/mol. The third-order valence-electron chi connectivity index (χ3n) is 3.83. The number of rotatable bonds is 3. The van der Waals surface area contributed by atoms with Crippen molar-refractivity contribution in [3.63, 3.8) is 0 Å². The molecule has 1 aromatic rings. The number of carbonyl (C=O) groups excluding carboxylic acids is 2. The highest BCUT2D eigenvalue weighted by atomic mass is 16.6. The zero-order chi connectivity index (χ0) is 17.1. The number of likely N-dealkylation sites (tertiary alicyclic amines) is 1. The van der Waals surface area contributed by atoms with Gasteiger partial charge in [0, 0.05) is 13.1 Å². The lowest BCUT2D eigenvalue weighted by molar-refractivity contribution is -0.165. The van der Waals surface area contributed by atoms with Gasteiger partial charge in [0.15, 0.2) is 0 Å². The third kappa shape index (κ3) is 4.71. The van der Waals surface area contributed by atoms with Crippen LogP contribution in [0.2, 0.25) is 0 Å². The molecule has 0 N–H and O–H groups in total. The highest BCUT2D eigenvalue weighted by molar-refractivity contribution is 5.79. The summed E-state index contributed by atoms with van der Waals surface area (Å²) >= 11 is 0. The molecule has 5 heteroatoms. The molecular weight excluding hydrogens is 294 g/mol. The van der Waals surface area contributed by atoms with Crippen LogP contribution in [-0.2, 0) is 20.9 Å². The summed E-state index contributed by atoms with van der Waals surface area (Å²) in [4.78, 5) is 26.1. The van der Waals surface area contributed by atoms with Crippen molar-refractivity contribution < 1.29 is 19.1 Å². The van der Waals surface area contributed by atoms with Gasteiger partial charge >= 0.3 is 12.1 Å². The fourth-order valence-electron chi connectivity index (χ4n) is 2.50. The van der Waals surface area contributed by atoms with Crippen LogP contribution >= 0.6 is 0 Å². The molecule has 1 heterocycles. The Labute approximate surface area is 137 Å². The Morgan fingerprint density at radius 3 is 2.48 bits per heavy atom. The minimum Gasteiger partial charge on any atom is -0.459 e. The molecule has 0 aromatic heterocycles. The highest BCUT2D eigenvalue weighted by Crippen LogP contribution is 2.33. The zero-order valence-corrected chi connectivity index (χ0v) is 14.3. The van der Waals surface area contributed by atoms with Crippen LogP contribution in [0.4, 0.5) is 4.79 Å². The van der Waals surface area contributed by atoms with E-state index in [9.17, 15) is 9.59 Å². The molecule has 5 nitrogen and oxygen atoms in total. The summed E-state index contributed by atoms with van der Waals surface area (Å²) in [5, 5.41) is 0. The van der Waals surface area contributed by atoms with E-state index in [2.05, 4.69) is 0 Å². The Morgan fingerprint density at radius 2 is 1.87 bits per heavy atom. The predicted octanol–water partition coefficient (Wildman–Crippen LogP) is 3.38. The summed E-state index contributed by atoms with van der Waals surface area (Å²) in [6, 6.07) is 9.53. The van der Waals surface area contributed by atoms with Crippen LogP contribution in [0.25, 0.3) is 0 Å². The molecule has 0 saturated carbocycles. The van der Waals surface area contributed by atoms with Crippen molar-refractivity contribution in [2.24, 2.45) is 5.41 Å². The first kappa shape index (κ1) is 17.3. The Morgan fingerprint density at radius 1 is 1.22 bits per heavy atom. The fourth-order valence-corrected chi connectivity index (χ4v) is 2.50. The lowest BCUT2D eigenvalue weighted by Crippen LogP contribution is -2.39. The van der Waals surface area contributed by atoms with E-state index >= 15 is 0 Å². The maximum Gasteiger partial charge on any atom is 0.410 e. The van der Waals surface area contributed by atoms with Crippen LogP contribution in [0.3, 0.4) is 0 Å². The first-order valence-electron chi connectivity index (χ1n) is 7.89. The van der Waals surface area contributed by atoms with Gasteiger partial charge in [-0.2, -0.15) is 0 Å². The normalized spacial score (nSPS) is 21.1. The van der Waals surface area contributed by atoms with Gasteiger partial charge in [-0.1, -0.05) is 30.3 Å². The van der Waals surface area contributed by atoms with E-state index in [0.29, 0.717) is 19.5 Å². The van der Waals surface area contributed by atoms with Gasteiger partial charge in [-0.3, -0.25) is 4.79 Å². The van der Waals surface area contributed by atoms with E-state index in [1.54, 1.807) is 4.90 Å². The van der Waals surface area contributed by atoms with E-state index < -0.39 is 11.0 Å². The van der Waals surface area contributed by atoms with Gasteiger partial charge in [0.25, 0.3) is 0 Å². The van der Waals surface area contributed by atoms with E-state index in [1.807, 2.05) is 58.0 Å². The maximum absolute atomic E-state index is 12.3. The van der Waals surface area contributed by atoms with E-state index in [4.69, 9.17) is 9.47 Å². The lowest BCUT2D eigenvalue weighted by Gasteiger charge is -2.28. The number of amides is 1. The fraction of sp³-hybridized carbons (Fsp3) is 0.556. The molecule has 1 saturated heterocycles. The van der Waals surface area contributed by atoms with Crippen molar-refractivity contribution in [1.29, 1.82) is 0 Å². The zero-order valence-electron chi connectivity index (χ0n) is 14.3. The van der Waals surface area contributed by atoms with Crippen molar-refractivity contribution >= 4 is 12.1 Å². The molecule has 1 unspecified atom stereocenters. The number of nitrogens with zero attached hydrogens (tertiary/aromatic N) is 1. The molecular formula is C18H25NO4. The quantitative estimate of drug-likeness (QED) is 0.802. The topological polar surface area (TPSA) is 55.8 Å². The van der Waals surface area contributed by atoms with Crippen LogP contribution in [0.15, 0.2) is 30.3 Å². The number of hydrogen-bond donors (Lipinski definition) is 0. The van der Waals surface area contributed by atoms with Crippen molar-refractivity contribution in [3.05, 3.63) is 35.9 Å². The Hall–Kier alpha value is -2.04. The molecule has 0 aliphatic carbocycles. The molecule has 1 aromatic carbocycles. The van der Waals surface area contributed by atoms with Gasteiger partial charge in [0.05, 0.1) is 5.41 Å². The summed E-state index contributed by atoms with van der Waals surface area (Å²) in [6.07, 6.45) is 0.198. The molecule has 0 radical (unpaired) electrons. The SMILES string of the molecule is CC(C)(C)OC(=O)C1(C)CCN(C(=O)OCc2ccccc2)C1. The van der Waals surface area contributed by atoms with Gasteiger partial charge in [-0.25, -0.2) is 4.79 Å². The summed E-state index contributed by atoms with van der Waals surface area (Å²) < 4.78 is 10.8. The third-order valence-corrected chi connectivity index (χ3v) is 3.83. The van der Waals surface area contributed by atoms with Crippen LogP contribution in [0.5, 0.6) is 0 Å². The van der Waals surface area contributed by atoms with Gasteiger partial charge in [-0.15, -0.1) is 0 Å². The lowest BCUT2D eigenvalue weighted by atomic mass is 9.90. The molecule has 1 atom stereocenters. The Kier molecular flexibility index (Phi) is 4.97. The average Bonchev–Trinajstić information content (AvgIpc) is 2.88. The van der Waals surface area contributed by atoms with Crippen LogP contribution in [0.1, 0.15) is 39.7 Å². The predicted molar refractivity (Wildman–Crippen MR) is 86.8 cm³/mol. The van der Waals surface area contributed by atoms with Gasteiger partial charge < -0.3 is 14.4 Å². The summed E-state index contributed by atoms with van der Waals surface area (Å²) in [5.74, 6) is -0.261. The Balaban J connectivity index is 1.88. The van der Waals surface area contributed by atoms with E-state index in [1.165, 1.54) is 0 Å². The van der Waals surface area contributed by atoms with E-state index in [-0.39, 0.29) is 18.7 Å². The van der Waals surface area contributed by atoms with Gasteiger partial charge in [-0.05, 0) is 39.7 Å². The molecule has 0 bridgehead atoms. The number of hydrogen-bond acceptors (Lipinski definition) is 4. The van der Waals surface area contributed by atoms with Gasteiger partial charge in [0.1, 0.15) is 12.2 Å². The minimum atomic E-state index is -0.668. The maximum atomic E-state index is 12.3. The highest BCUT2D eigenvalue weighted by Gasteiger charge is 2.45. The molecule has 1 aliphatic heterocycles. The molecule has 2 rings (SSSR count). The first-order valence-corrected chi connectivity index (χ1v) is 7.89. The smallest absolute Gasteiger partial charge is 0.410 e. The second-order valence-corrected chi connectivity index (χ2v) is 7.27. The number of esters is 1. The number of ether oxygens (including phenoxy) is 2. The molecule has 0 spiro atoms. The minimum absolute atomic E-state index is 0.235. The first-order chi connectivity index (χ1) is 10.7. The summed E-state index contributed by atoms with van der Waals surface area (Å²) in [7, 11) is 0. The van der Waals surface area contributed by atoms with Crippen molar-refractivity contribution in [2.75, 3.05) is 13.1 Å². The molecule has 1 fully saturated rings. The summed E-state index contributed by atoms with van der Waals surface area (Å²) in [5.41, 5.74) is -0.254. The molecule has 1 amide bonds. The van der Waals surface area contributed by atoms with Gasteiger partial charge in [0.2, 0.25) is 0 Å². The number of benzene rings is 1. The van der Waals surface area contributed by atoms with Crippen LogP contribution < -0.4 is 0 Å². The standard InChI is InChI=1S/C18H25NO4/c1-17(2,3)23-15(20)18(4)10-11-19(13-18)16(21)22-12-14-8-6-5-7-9-14/h5-9H,10-13H2,1-4H3. The summed E-state index contributed by atoms with van der Waals surface area (Å²) in [6.45, 7) is 8.43. The second kappa shape index (κ2) is 6.60. The monoisotopic (exact) mass is 319 g/mol. The largest absolute Gasteiger partial charge is 0.459 e. The van der Waals surface area contributed by atoms with Crippen LogP contribution in [-0.4, -0.2) is 35.7 Å². The molecule has 126 valence electrons. The van der Waals surface area contributed by atoms with Crippen molar-refractivity contribution in [2.45, 2.75) is 46.3 Å². The molecule has 1 aliphatic rings. The Bertz CT molecular complexity index is 564. The van der Waals surface area contributed by atoms with E-state index in [0.717, 1.165) is 5.56 Å². The van der Waals surface area contributed by atoms with Crippen molar-refractivity contribution in [1.82, 2.24) is 4.90 Å². The van der Waals surface area contributed by atoms with Crippen LogP contribution in [0, 0.1) is 5.41 Å². The second-order valence-electron chi connectivity index (χ2n) is 7.27. The number of carbonyl (C=O) groups is 2.